The van der Waals surface area contributed by atoms with Gasteiger partial charge in [0.2, 0.25) is 0 Å². The monoisotopic (exact) mass is 374 g/mol. The predicted molar refractivity (Wildman–Crippen MR) is 96.8 cm³/mol. The van der Waals surface area contributed by atoms with E-state index in [2.05, 4.69) is 5.43 Å². The number of aliphatic carboxylic acids is 1. The molecule has 2 aromatic carbocycles. The van der Waals surface area contributed by atoms with E-state index in [1.807, 2.05) is 0 Å². The van der Waals surface area contributed by atoms with E-state index in [9.17, 15) is 19.8 Å². The number of hydrazine groups is 1. The van der Waals surface area contributed by atoms with Crippen LogP contribution in [0.3, 0.4) is 0 Å². The maximum absolute atomic E-state index is 12.5. The van der Waals surface area contributed by atoms with Gasteiger partial charge in [-0.05, 0) is 35.7 Å². The topological polar surface area (TPSA) is 142 Å². The molecule has 0 aliphatic rings. The van der Waals surface area contributed by atoms with Gasteiger partial charge in [-0.25, -0.2) is 10.2 Å². The summed E-state index contributed by atoms with van der Waals surface area (Å²) < 4.78 is 5.32. The highest BCUT2D eigenvalue weighted by Crippen LogP contribution is 2.27. The van der Waals surface area contributed by atoms with E-state index in [4.69, 9.17) is 15.7 Å². The molecule has 0 radical (unpaired) electrons. The lowest BCUT2D eigenvalue weighted by molar-refractivity contribution is -0.152. The molecule has 0 saturated heterocycles. The molecule has 8 heteroatoms. The third kappa shape index (κ3) is 5.44. The fourth-order valence-corrected chi connectivity index (χ4v) is 2.51. The second-order valence-corrected chi connectivity index (χ2v) is 6.44. The predicted octanol–water partition coefficient (Wildman–Crippen LogP) is 1.23. The number of rotatable bonds is 8. The second-order valence-electron chi connectivity index (χ2n) is 6.44. The molecule has 0 amide bonds. The first-order valence-electron chi connectivity index (χ1n) is 8.19. The van der Waals surface area contributed by atoms with E-state index in [-0.39, 0.29) is 30.9 Å². The lowest BCUT2D eigenvalue weighted by Gasteiger charge is -2.26. The van der Waals surface area contributed by atoms with E-state index in [1.165, 1.54) is 12.1 Å². The molecule has 0 aliphatic heterocycles. The average molecular weight is 374 g/mol. The minimum Gasteiger partial charge on any atom is -0.504 e. The summed E-state index contributed by atoms with van der Waals surface area (Å²) in [5, 5.41) is 27.7. The van der Waals surface area contributed by atoms with Crippen LogP contribution in [-0.2, 0) is 33.8 Å². The highest BCUT2D eigenvalue weighted by Gasteiger charge is 2.34. The minimum atomic E-state index is -1.24. The Kier molecular flexibility index (Phi) is 6.38. The zero-order chi connectivity index (χ0) is 20.0. The number of aromatic hydroxyl groups is 2. The van der Waals surface area contributed by atoms with Gasteiger partial charge < -0.3 is 20.1 Å². The van der Waals surface area contributed by atoms with Gasteiger partial charge in [-0.3, -0.25) is 10.6 Å². The van der Waals surface area contributed by atoms with Crippen LogP contribution in [0.4, 0.5) is 0 Å². The van der Waals surface area contributed by atoms with Crippen LogP contribution in [0.5, 0.6) is 11.5 Å². The van der Waals surface area contributed by atoms with Crippen LogP contribution in [0.1, 0.15) is 23.6 Å². The zero-order valence-electron chi connectivity index (χ0n) is 14.8. The van der Waals surface area contributed by atoms with Crippen molar-refractivity contribution >= 4 is 11.9 Å². The molecule has 144 valence electrons. The maximum Gasteiger partial charge on any atom is 0.328 e. The van der Waals surface area contributed by atoms with Crippen molar-refractivity contribution in [1.29, 1.82) is 0 Å². The van der Waals surface area contributed by atoms with Crippen LogP contribution in [0.25, 0.3) is 0 Å². The summed E-state index contributed by atoms with van der Waals surface area (Å²) in [6.45, 7) is 1.57. The number of nitrogens with one attached hydrogen (secondary N) is 1. The summed E-state index contributed by atoms with van der Waals surface area (Å²) in [6.07, 6.45) is 0.0580. The standard InChI is InChI=1S/C19H22N2O6/c1-19(21-20,10-14-6-7-15(22)16(23)8-14)18(26)27-11-13-4-2-12(3-5-13)9-17(24)25/h2-8,21-23H,9-11,20H2,1H3,(H,24,25)/t19-/m0/s1. The Morgan fingerprint density at radius 3 is 2.19 bits per heavy atom. The first-order valence-corrected chi connectivity index (χ1v) is 8.19. The first kappa shape index (κ1) is 20.2. The van der Waals surface area contributed by atoms with E-state index >= 15 is 0 Å². The molecule has 0 aromatic heterocycles. The number of phenols is 2. The number of carbonyl (C=O) groups is 2. The molecule has 6 N–H and O–H groups in total. The Hall–Kier alpha value is -3.10. The van der Waals surface area contributed by atoms with Gasteiger partial charge in [0.05, 0.1) is 6.42 Å². The first-order chi connectivity index (χ1) is 12.7. The number of carboxylic acid groups (broad SMARTS) is 1. The Bertz CT molecular complexity index is 821. The summed E-state index contributed by atoms with van der Waals surface area (Å²) >= 11 is 0. The van der Waals surface area contributed by atoms with Crippen molar-refractivity contribution in [3.8, 4) is 11.5 Å². The van der Waals surface area contributed by atoms with Crippen LogP contribution < -0.4 is 11.3 Å². The van der Waals surface area contributed by atoms with Crippen molar-refractivity contribution in [3.63, 3.8) is 0 Å². The number of carbonyl (C=O) groups excluding carboxylic acids is 1. The molecule has 1 atom stereocenters. The van der Waals surface area contributed by atoms with Crippen molar-refractivity contribution in [2.75, 3.05) is 0 Å². The van der Waals surface area contributed by atoms with Gasteiger partial charge >= 0.3 is 11.9 Å². The summed E-state index contributed by atoms with van der Waals surface area (Å²) in [7, 11) is 0. The summed E-state index contributed by atoms with van der Waals surface area (Å²) in [5.41, 5.74) is 3.14. The molecule has 27 heavy (non-hydrogen) atoms. The normalized spacial score (nSPS) is 13.0. The van der Waals surface area contributed by atoms with E-state index in [0.717, 1.165) is 0 Å². The Labute approximate surface area is 156 Å². The number of hydrogen-bond acceptors (Lipinski definition) is 7. The maximum atomic E-state index is 12.5. The quantitative estimate of drug-likeness (QED) is 0.201. The molecule has 0 unspecified atom stereocenters. The molecule has 2 aromatic rings. The third-order valence-electron chi connectivity index (χ3n) is 4.11. The lowest BCUT2D eigenvalue weighted by atomic mass is 9.93. The summed E-state index contributed by atoms with van der Waals surface area (Å²) in [4.78, 5) is 23.2. The number of phenolic OH excluding ortho intramolecular Hbond substituents is 2. The van der Waals surface area contributed by atoms with Crippen LogP contribution in [0.2, 0.25) is 0 Å². The Balaban J connectivity index is 2.00. The van der Waals surface area contributed by atoms with Gasteiger partial charge in [0, 0.05) is 6.42 Å². The van der Waals surface area contributed by atoms with Crippen molar-refractivity contribution < 1.29 is 29.6 Å². The zero-order valence-corrected chi connectivity index (χ0v) is 14.8. The second kappa shape index (κ2) is 8.52. The van der Waals surface area contributed by atoms with Gasteiger partial charge in [-0.1, -0.05) is 30.3 Å². The summed E-state index contributed by atoms with van der Waals surface area (Å²) in [6, 6.07) is 10.9. The molecular weight excluding hydrogens is 352 g/mol. The smallest absolute Gasteiger partial charge is 0.328 e. The Morgan fingerprint density at radius 1 is 1.04 bits per heavy atom. The van der Waals surface area contributed by atoms with Gasteiger partial charge in [0.25, 0.3) is 0 Å². The number of carboxylic acids is 1. The van der Waals surface area contributed by atoms with Crippen molar-refractivity contribution in [3.05, 3.63) is 59.2 Å². The molecule has 0 fully saturated rings. The van der Waals surface area contributed by atoms with Gasteiger partial charge in [-0.2, -0.15) is 0 Å². The van der Waals surface area contributed by atoms with Crippen LogP contribution in [0.15, 0.2) is 42.5 Å². The van der Waals surface area contributed by atoms with Gasteiger partial charge in [0.15, 0.2) is 11.5 Å². The molecule has 0 aliphatic carbocycles. The molecule has 2 rings (SSSR count). The molecule has 0 spiro atoms. The molecular formula is C19H22N2O6. The average Bonchev–Trinajstić information content (AvgIpc) is 2.63. The highest BCUT2D eigenvalue weighted by molar-refractivity contribution is 5.80. The minimum absolute atomic E-state index is 0.00425. The molecule has 0 bridgehead atoms. The number of esters is 1. The SMILES string of the molecule is C[C@@](Cc1ccc(O)c(O)c1)(NN)C(=O)OCc1ccc(CC(=O)O)cc1. The van der Waals surface area contributed by atoms with E-state index < -0.39 is 17.5 Å². The van der Waals surface area contributed by atoms with Crippen LogP contribution in [-0.4, -0.2) is 32.8 Å². The fraction of sp³-hybridized carbons (Fsp3) is 0.263. The van der Waals surface area contributed by atoms with Gasteiger partial charge in [0.1, 0.15) is 12.1 Å². The highest BCUT2D eigenvalue weighted by atomic mass is 16.5. The van der Waals surface area contributed by atoms with Crippen molar-refractivity contribution in [2.24, 2.45) is 5.84 Å². The third-order valence-corrected chi connectivity index (χ3v) is 4.11. The van der Waals surface area contributed by atoms with Crippen LogP contribution >= 0.6 is 0 Å². The number of benzene rings is 2. The largest absolute Gasteiger partial charge is 0.504 e. The van der Waals surface area contributed by atoms with Crippen LogP contribution in [0, 0.1) is 0 Å². The lowest BCUT2D eigenvalue weighted by Crippen LogP contribution is -2.55. The number of nitrogens with two attached hydrogens (primary N) is 1. The van der Waals surface area contributed by atoms with Gasteiger partial charge in [-0.15, -0.1) is 0 Å². The van der Waals surface area contributed by atoms with E-state index in [1.54, 1.807) is 37.3 Å². The molecule has 0 saturated carbocycles. The fourth-order valence-electron chi connectivity index (χ4n) is 2.51. The number of hydrogen-bond donors (Lipinski definition) is 5. The van der Waals surface area contributed by atoms with E-state index in [0.29, 0.717) is 16.7 Å². The van der Waals surface area contributed by atoms with Crippen molar-refractivity contribution in [1.82, 2.24) is 5.43 Å². The van der Waals surface area contributed by atoms with Crippen molar-refractivity contribution in [2.45, 2.75) is 31.9 Å². The number of ether oxygens (including phenoxy) is 1. The summed E-state index contributed by atoms with van der Waals surface area (Å²) in [5.74, 6) is 3.49. The Morgan fingerprint density at radius 2 is 1.63 bits per heavy atom. The molecule has 0 heterocycles. The molecule has 8 nitrogen and oxygen atoms in total.